The van der Waals surface area contributed by atoms with Gasteiger partial charge in [-0.25, -0.2) is 4.98 Å². The van der Waals surface area contributed by atoms with Gasteiger partial charge in [-0.3, -0.25) is 4.40 Å². The van der Waals surface area contributed by atoms with Gasteiger partial charge in [0, 0.05) is 31.2 Å². The largest absolute Gasteiger partial charge is 0.355 e. The lowest BCUT2D eigenvalue weighted by Crippen LogP contribution is -2.30. The fourth-order valence-corrected chi connectivity index (χ4v) is 3.49. The molecule has 5 heteroatoms. The maximum atomic E-state index is 5.87. The zero-order valence-electron chi connectivity index (χ0n) is 10.1. The average Bonchev–Trinajstić information content (AvgIpc) is 3.03. The Balaban J connectivity index is 2.00. The zero-order chi connectivity index (χ0) is 11.8. The van der Waals surface area contributed by atoms with Gasteiger partial charge in [0.2, 0.25) is 0 Å². The Labute approximate surface area is 105 Å². The van der Waals surface area contributed by atoms with Crippen LogP contribution in [0.4, 0.5) is 5.82 Å². The number of hydrogen-bond acceptors (Lipinski definition) is 4. The molecule has 0 aliphatic heterocycles. The van der Waals surface area contributed by atoms with Crippen LogP contribution in [-0.4, -0.2) is 22.5 Å². The van der Waals surface area contributed by atoms with E-state index in [9.17, 15) is 0 Å². The summed E-state index contributed by atoms with van der Waals surface area (Å²) >= 11 is 1.67. The summed E-state index contributed by atoms with van der Waals surface area (Å²) in [4.78, 5) is 8.09. The number of anilines is 1. The topological polar surface area (TPSA) is 46.6 Å². The molecular weight excluding hydrogens is 232 g/mol. The highest BCUT2D eigenvalue weighted by atomic mass is 32.1. The molecule has 1 saturated carbocycles. The zero-order valence-corrected chi connectivity index (χ0v) is 10.9. The number of aromatic nitrogens is 2. The fraction of sp³-hybridized carbons (Fsp3) is 0.583. The van der Waals surface area contributed by atoms with E-state index in [1.807, 2.05) is 0 Å². The van der Waals surface area contributed by atoms with Crippen LogP contribution in [0.15, 0.2) is 11.6 Å². The molecule has 2 heterocycles. The van der Waals surface area contributed by atoms with Crippen LogP contribution < -0.4 is 10.6 Å². The molecule has 92 valence electrons. The van der Waals surface area contributed by atoms with Crippen LogP contribution in [0.3, 0.4) is 0 Å². The second-order valence-electron chi connectivity index (χ2n) is 4.69. The normalized spacial score (nSPS) is 17.1. The summed E-state index contributed by atoms with van der Waals surface area (Å²) in [6, 6.07) is 0.643. The summed E-state index contributed by atoms with van der Waals surface area (Å²) in [5.74, 6) is 1.08. The maximum absolute atomic E-state index is 5.87. The van der Waals surface area contributed by atoms with Gasteiger partial charge in [-0.05, 0) is 12.8 Å². The highest BCUT2D eigenvalue weighted by Gasteiger charge is 2.24. The lowest BCUT2D eigenvalue weighted by atomic mass is 10.2. The molecular formula is C12H18N4S. The monoisotopic (exact) mass is 250 g/mol. The lowest BCUT2D eigenvalue weighted by molar-refractivity contribution is 0.644. The Kier molecular flexibility index (Phi) is 2.80. The van der Waals surface area contributed by atoms with E-state index in [0.29, 0.717) is 12.6 Å². The molecule has 2 N–H and O–H groups in total. The second-order valence-corrected chi connectivity index (χ2v) is 5.56. The van der Waals surface area contributed by atoms with E-state index < -0.39 is 0 Å². The molecule has 1 fully saturated rings. The van der Waals surface area contributed by atoms with Crippen molar-refractivity contribution in [2.45, 2.75) is 38.3 Å². The van der Waals surface area contributed by atoms with Crippen molar-refractivity contribution in [3.05, 3.63) is 17.3 Å². The molecule has 0 aromatic carbocycles. The predicted octanol–water partition coefficient (Wildman–Crippen LogP) is 2.23. The van der Waals surface area contributed by atoms with Crippen LogP contribution in [0.25, 0.3) is 4.96 Å². The van der Waals surface area contributed by atoms with E-state index in [1.165, 1.54) is 25.7 Å². The summed E-state index contributed by atoms with van der Waals surface area (Å²) in [5, 5.41) is 2.06. The molecule has 1 aliphatic carbocycles. The first kappa shape index (κ1) is 11.0. The average molecular weight is 250 g/mol. The summed E-state index contributed by atoms with van der Waals surface area (Å²) in [6.45, 7) is 0.546. The van der Waals surface area contributed by atoms with Gasteiger partial charge in [-0.2, -0.15) is 0 Å². The first-order valence-electron chi connectivity index (χ1n) is 6.18. The van der Waals surface area contributed by atoms with E-state index in [0.717, 1.165) is 16.5 Å². The van der Waals surface area contributed by atoms with Crippen molar-refractivity contribution in [3.8, 4) is 0 Å². The van der Waals surface area contributed by atoms with Gasteiger partial charge in [-0.15, -0.1) is 11.3 Å². The Morgan fingerprint density at radius 2 is 2.29 bits per heavy atom. The molecule has 0 unspecified atom stereocenters. The highest BCUT2D eigenvalue weighted by Crippen LogP contribution is 2.30. The summed E-state index contributed by atoms with van der Waals surface area (Å²) in [6.07, 6.45) is 7.31. The number of imidazole rings is 1. The van der Waals surface area contributed by atoms with Crippen molar-refractivity contribution in [1.29, 1.82) is 0 Å². The fourth-order valence-electron chi connectivity index (χ4n) is 2.76. The van der Waals surface area contributed by atoms with E-state index >= 15 is 0 Å². The van der Waals surface area contributed by atoms with Crippen LogP contribution in [0.2, 0.25) is 0 Å². The number of hydrogen-bond donors (Lipinski definition) is 1. The molecule has 2 aromatic heterocycles. The molecule has 0 atom stereocenters. The van der Waals surface area contributed by atoms with Gasteiger partial charge in [-0.1, -0.05) is 12.8 Å². The number of thiazole rings is 1. The first-order chi connectivity index (χ1) is 8.31. The van der Waals surface area contributed by atoms with Crippen molar-refractivity contribution in [3.63, 3.8) is 0 Å². The van der Waals surface area contributed by atoms with Crippen LogP contribution in [0.5, 0.6) is 0 Å². The quantitative estimate of drug-likeness (QED) is 0.908. The molecule has 3 rings (SSSR count). The third-order valence-corrected chi connectivity index (χ3v) is 4.50. The summed E-state index contributed by atoms with van der Waals surface area (Å²) < 4.78 is 2.12. The number of nitrogens with zero attached hydrogens (tertiary/aromatic N) is 3. The SMILES string of the molecule is CN(c1nc2sccn2c1CN)C1CCCC1. The van der Waals surface area contributed by atoms with Gasteiger partial charge in [0.1, 0.15) is 0 Å². The maximum Gasteiger partial charge on any atom is 0.195 e. The minimum absolute atomic E-state index is 0.546. The third-order valence-electron chi connectivity index (χ3n) is 3.74. The van der Waals surface area contributed by atoms with Gasteiger partial charge in [0.25, 0.3) is 0 Å². The van der Waals surface area contributed by atoms with Crippen molar-refractivity contribution in [2.75, 3.05) is 11.9 Å². The van der Waals surface area contributed by atoms with E-state index in [2.05, 4.69) is 27.9 Å². The summed E-state index contributed by atoms with van der Waals surface area (Å²) in [5.41, 5.74) is 7.01. The molecule has 4 nitrogen and oxygen atoms in total. The van der Waals surface area contributed by atoms with Crippen molar-refractivity contribution in [1.82, 2.24) is 9.38 Å². The Bertz CT molecular complexity index is 510. The second kappa shape index (κ2) is 4.31. The van der Waals surface area contributed by atoms with Gasteiger partial charge in [0.15, 0.2) is 10.8 Å². The van der Waals surface area contributed by atoms with Gasteiger partial charge < -0.3 is 10.6 Å². The summed E-state index contributed by atoms with van der Waals surface area (Å²) in [7, 11) is 2.15. The van der Waals surface area contributed by atoms with E-state index in [4.69, 9.17) is 10.7 Å². The Morgan fingerprint density at radius 3 is 3.00 bits per heavy atom. The number of fused-ring (bicyclic) bond motifs is 1. The van der Waals surface area contributed by atoms with Gasteiger partial charge >= 0.3 is 0 Å². The van der Waals surface area contributed by atoms with Crippen molar-refractivity contribution in [2.24, 2.45) is 5.73 Å². The molecule has 0 radical (unpaired) electrons. The molecule has 1 aliphatic rings. The molecule has 0 amide bonds. The first-order valence-corrected chi connectivity index (χ1v) is 7.06. The van der Waals surface area contributed by atoms with Gasteiger partial charge in [0.05, 0.1) is 5.69 Å². The van der Waals surface area contributed by atoms with Crippen LogP contribution in [0, 0.1) is 0 Å². The number of rotatable bonds is 3. The van der Waals surface area contributed by atoms with Crippen LogP contribution in [0.1, 0.15) is 31.4 Å². The highest BCUT2D eigenvalue weighted by molar-refractivity contribution is 7.15. The van der Waals surface area contributed by atoms with Crippen LogP contribution >= 0.6 is 11.3 Å². The van der Waals surface area contributed by atoms with Crippen molar-refractivity contribution < 1.29 is 0 Å². The Morgan fingerprint density at radius 1 is 1.53 bits per heavy atom. The Hall–Kier alpha value is -1.07. The molecule has 17 heavy (non-hydrogen) atoms. The minimum atomic E-state index is 0.546. The number of nitrogens with two attached hydrogens (primary N) is 1. The standard InChI is InChI=1S/C12H18N4S/c1-15(9-4-2-3-5-9)11-10(8-13)16-6-7-17-12(16)14-11/h6-7,9H,2-5,8,13H2,1H3. The predicted molar refractivity (Wildman–Crippen MR) is 71.6 cm³/mol. The molecule has 0 bridgehead atoms. The van der Waals surface area contributed by atoms with Crippen LogP contribution in [-0.2, 0) is 6.54 Å². The van der Waals surface area contributed by atoms with E-state index in [-0.39, 0.29) is 0 Å². The minimum Gasteiger partial charge on any atom is -0.355 e. The van der Waals surface area contributed by atoms with Crippen molar-refractivity contribution >= 4 is 22.1 Å². The third kappa shape index (κ3) is 1.73. The molecule has 0 saturated heterocycles. The molecule has 2 aromatic rings. The van der Waals surface area contributed by atoms with E-state index in [1.54, 1.807) is 11.3 Å². The lowest BCUT2D eigenvalue weighted by Gasteiger charge is -2.25. The smallest absolute Gasteiger partial charge is 0.195 e. The molecule has 0 spiro atoms.